The Bertz CT molecular complexity index is 1320. The number of carbonyl (C=O) groups is 2. The molecule has 0 amide bonds. The van der Waals surface area contributed by atoms with Crippen LogP contribution < -0.4 is 5.46 Å². The highest BCUT2D eigenvalue weighted by Gasteiger charge is 2.11. The van der Waals surface area contributed by atoms with Crippen molar-refractivity contribution in [2.75, 3.05) is 0 Å². The van der Waals surface area contributed by atoms with Crippen molar-refractivity contribution in [1.29, 1.82) is 0 Å². The van der Waals surface area contributed by atoms with Crippen LogP contribution in [0, 0.1) is 27.7 Å². The van der Waals surface area contributed by atoms with Crippen LogP contribution in [0.15, 0.2) is 89.4 Å². The van der Waals surface area contributed by atoms with Crippen molar-refractivity contribution in [3.05, 3.63) is 123 Å². The predicted octanol–water partition coefficient (Wildman–Crippen LogP) is 6.66. The Labute approximate surface area is 229 Å². The van der Waals surface area contributed by atoms with Crippen LogP contribution in [0.5, 0.6) is 0 Å². The van der Waals surface area contributed by atoms with Gasteiger partial charge in [0.25, 0.3) is 0 Å². The minimum absolute atomic E-state index is 0. The van der Waals surface area contributed by atoms with Crippen molar-refractivity contribution < 1.29 is 19.6 Å². The molecule has 0 aromatic heterocycles. The number of benzene rings is 4. The average molecular weight is 561 g/mol. The lowest BCUT2D eigenvalue weighted by Crippen LogP contribution is -2.31. The zero-order valence-electron chi connectivity index (χ0n) is 20.9. The first-order valence-electron chi connectivity index (χ1n) is 11.4. The van der Waals surface area contributed by atoms with Gasteiger partial charge in [-0.15, -0.1) is 0 Å². The number of halogens is 1. The molecule has 0 bridgehead atoms. The summed E-state index contributed by atoms with van der Waals surface area (Å²) in [5.41, 5.74) is 8.81. The second-order valence-electron chi connectivity index (χ2n) is 8.36. The number of hydrogen-bond donors (Lipinski definition) is 2. The van der Waals surface area contributed by atoms with Gasteiger partial charge in [-0.05, 0) is 73.1 Å². The Morgan fingerprint density at radius 2 is 1.11 bits per heavy atom. The molecule has 4 aromatic carbocycles. The average Bonchev–Trinajstić information content (AvgIpc) is 2.87. The van der Waals surface area contributed by atoms with Crippen LogP contribution in [-0.4, -0.2) is 29.7 Å². The lowest BCUT2D eigenvalue weighted by atomic mass is 9.77. The third kappa shape index (κ3) is 9.58. The molecule has 0 heterocycles. The predicted molar refractivity (Wildman–Crippen MR) is 159 cm³/mol. The van der Waals surface area contributed by atoms with E-state index in [-0.39, 0.29) is 7.43 Å². The van der Waals surface area contributed by atoms with Crippen molar-refractivity contribution in [3.8, 4) is 11.1 Å². The molecular weight excluding hydrogens is 527 g/mol. The Morgan fingerprint density at radius 1 is 0.622 bits per heavy atom. The molecule has 0 saturated carbocycles. The Morgan fingerprint density at radius 3 is 1.59 bits per heavy atom. The molecule has 37 heavy (non-hydrogen) atoms. The summed E-state index contributed by atoms with van der Waals surface area (Å²) in [6.07, 6.45) is 1.73. The van der Waals surface area contributed by atoms with Gasteiger partial charge in [-0.2, -0.15) is 0 Å². The van der Waals surface area contributed by atoms with Crippen LogP contribution >= 0.6 is 15.9 Å². The third-order valence-electron chi connectivity index (χ3n) is 5.63. The number of hydrogen-bond acceptors (Lipinski definition) is 4. The van der Waals surface area contributed by atoms with Gasteiger partial charge < -0.3 is 10.0 Å². The Hall–Kier alpha value is -3.32. The van der Waals surface area contributed by atoms with Gasteiger partial charge >= 0.3 is 7.12 Å². The van der Waals surface area contributed by atoms with E-state index in [2.05, 4.69) is 41.9 Å². The van der Waals surface area contributed by atoms with Crippen LogP contribution in [-0.2, 0) is 0 Å². The SMILES string of the molecule is C.Cc1ccc(C=O)cc1Br.Cc1ccccc1-c1cc(C=O)ccc1C.Cc1ccccc1B(O)O. The van der Waals surface area contributed by atoms with Crippen molar-refractivity contribution in [3.63, 3.8) is 0 Å². The minimum atomic E-state index is -1.35. The van der Waals surface area contributed by atoms with E-state index in [4.69, 9.17) is 10.0 Å². The highest BCUT2D eigenvalue weighted by Crippen LogP contribution is 2.27. The first-order valence-corrected chi connectivity index (χ1v) is 12.2. The smallest absolute Gasteiger partial charge is 0.423 e. The largest absolute Gasteiger partial charge is 0.488 e. The van der Waals surface area contributed by atoms with Gasteiger partial charge in [0.05, 0.1) is 0 Å². The summed E-state index contributed by atoms with van der Waals surface area (Å²) in [5.74, 6) is 0. The normalized spacial score (nSPS) is 9.49. The van der Waals surface area contributed by atoms with Crippen molar-refractivity contribution in [2.24, 2.45) is 0 Å². The van der Waals surface area contributed by atoms with Gasteiger partial charge in [-0.3, -0.25) is 9.59 Å². The lowest BCUT2D eigenvalue weighted by molar-refractivity contribution is 0.111. The lowest BCUT2D eigenvalue weighted by Gasteiger charge is -2.09. The van der Waals surface area contributed by atoms with E-state index in [9.17, 15) is 9.59 Å². The fourth-order valence-electron chi connectivity index (χ4n) is 3.44. The molecule has 0 atom stereocenters. The topological polar surface area (TPSA) is 74.6 Å². The summed E-state index contributed by atoms with van der Waals surface area (Å²) in [4.78, 5) is 21.0. The van der Waals surface area contributed by atoms with Crippen LogP contribution in [0.4, 0.5) is 0 Å². The zero-order valence-corrected chi connectivity index (χ0v) is 22.5. The van der Waals surface area contributed by atoms with Crippen LogP contribution in [0.2, 0.25) is 0 Å². The van der Waals surface area contributed by atoms with E-state index in [1.54, 1.807) is 18.2 Å². The van der Waals surface area contributed by atoms with Crippen LogP contribution in [0.25, 0.3) is 11.1 Å². The summed E-state index contributed by atoms with van der Waals surface area (Å²) in [6, 6.07) is 26.7. The molecule has 192 valence electrons. The zero-order chi connectivity index (χ0) is 26.7. The van der Waals surface area contributed by atoms with E-state index in [1.807, 2.05) is 68.4 Å². The van der Waals surface area contributed by atoms with Crippen molar-refractivity contribution in [1.82, 2.24) is 0 Å². The van der Waals surface area contributed by atoms with Crippen LogP contribution in [0.3, 0.4) is 0 Å². The molecule has 0 spiro atoms. The fraction of sp³-hybridized carbons (Fsp3) is 0.161. The summed E-state index contributed by atoms with van der Waals surface area (Å²) in [6.45, 7) is 7.98. The minimum Gasteiger partial charge on any atom is -0.423 e. The molecule has 0 aliphatic rings. The first-order chi connectivity index (χ1) is 17.2. The fourth-order valence-corrected chi connectivity index (χ4v) is 3.83. The molecule has 6 heteroatoms. The van der Waals surface area contributed by atoms with E-state index in [1.165, 1.54) is 16.7 Å². The summed E-state index contributed by atoms with van der Waals surface area (Å²) >= 11 is 3.33. The number of aldehydes is 2. The molecule has 0 aliphatic carbocycles. The maximum absolute atomic E-state index is 10.8. The van der Waals surface area contributed by atoms with E-state index in [0.717, 1.165) is 39.3 Å². The number of carbonyl (C=O) groups excluding carboxylic acids is 2. The summed E-state index contributed by atoms with van der Waals surface area (Å²) in [5, 5.41) is 17.5. The third-order valence-corrected chi connectivity index (χ3v) is 6.49. The van der Waals surface area contributed by atoms with Crippen LogP contribution in [0.1, 0.15) is 50.4 Å². The van der Waals surface area contributed by atoms with Gasteiger partial charge in [-0.25, -0.2) is 0 Å². The molecule has 4 aromatic rings. The van der Waals surface area contributed by atoms with Crippen molar-refractivity contribution >= 4 is 41.1 Å². The number of rotatable bonds is 4. The molecular formula is C31H34BBrO4. The van der Waals surface area contributed by atoms with Gasteiger partial charge in [0.2, 0.25) is 0 Å². The quantitative estimate of drug-likeness (QED) is 0.216. The molecule has 2 N–H and O–H groups in total. The molecule has 0 unspecified atom stereocenters. The Kier molecular flexibility index (Phi) is 13.5. The highest BCUT2D eigenvalue weighted by molar-refractivity contribution is 9.10. The van der Waals surface area contributed by atoms with E-state index in [0.29, 0.717) is 11.0 Å². The monoisotopic (exact) mass is 560 g/mol. The van der Waals surface area contributed by atoms with E-state index < -0.39 is 7.12 Å². The molecule has 4 nitrogen and oxygen atoms in total. The highest BCUT2D eigenvalue weighted by atomic mass is 79.9. The second kappa shape index (κ2) is 15.7. The maximum Gasteiger partial charge on any atom is 0.488 e. The van der Waals surface area contributed by atoms with Gasteiger partial charge in [-0.1, -0.05) is 102 Å². The van der Waals surface area contributed by atoms with Gasteiger partial charge in [0.1, 0.15) is 12.6 Å². The first kappa shape index (κ1) is 31.7. The molecule has 0 fully saturated rings. The van der Waals surface area contributed by atoms with Crippen molar-refractivity contribution in [2.45, 2.75) is 35.1 Å². The van der Waals surface area contributed by atoms with Gasteiger partial charge in [0.15, 0.2) is 0 Å². The molecule has 0 saturated heterocycles. The Balaban J connectivity index is 0.000000287. The molecule has 0 aliphatic heterocycles. The molecule has 4 rings (SSSR count). The standard InChI is InChI=1S/C15H14O.C8H7BrO.C7H9BO2.CH4/c1-11-5-3-4-6-14(11)15-9-13(10-16)8-7-12(15)2;1-6-2-3-7(5-10)4-8(6)9;1-6-4-2-3-5-7(6)8(9)10;/h3-10H,1-2H3;2-5H,1H3;2-5,9-10H,1H3;1H4. The summed E-state index contributed by atoms with van der Waals surface area (Å²) < 4.78 is 0.983. The number of aryl methyl sites for hydroxylation is 4. The second-order valence-corrected chi connectivity index (χ2v) is 9.22. The van der Waals surface area contributed by atoms with E-state index >= 15 is 0 Å². The summed E-state index contributed by atoms with van der Waals surface area (Å²) in [7, 11) is -1.35. The maximum atomic E-state index is 10.8. The molecule has 0 radical (unpaired) electrons. The van der Waals surface area contributed by atoms with Gasteiger partial charge in [0, 0.05) is 15.6 Å².